The Morgan fingerprint density at radius 3 is 2.20 bits per heavy atom. The molecule has 0 radical (unpaired) electrons. The second kappa shape index (κ2) is 6.78. The van der Waals surface area contributed by atoms with Crippen molar-refractivity contribution in [1.82, 2.24) is 0 Å². The van der Waals surface area contributed by atoms with Crippen LogP contribution in [0.1, 0.15) is 46.8 Å². The monoisotopic (exact) mass is 349 g/mol. The molecule has 1 heterocycles. The zero-order valence-corrected chi connectivity index (χ0v) is 13.5. The Morgan fingerprint density at radius 2 is 1.64 bits per heavy atom. The molecule has 3 nitrogen and oxygen atoms in total. The van der Waals surface area contributed by atoms with Crippen LogP contribution < -0.4 is 4.90 Å². The van der Waals surface area contributed by atoms with Gasteiger partial charge in [-0.1, -0.05) is 12.1 Å². The average molecular weight is 349 g/mol. The van der Waals surface area contributed by atoms with Gasteiger partial charge >= 0.3 is 12.1 Å². The van der Waals surface area contributed by atoms with E-state index < -0.39 is 17.7 Å². The number of benzene rings is 2. The number of hydrogen-bond donors (Lipinski definition) is 1. The van der Waals surface area contributed by atoms with E-state index in [4.69, 9.17) is 5.11 Å². The summed E-state index contributed by atoms with van der Waals surface area (Å²) < 4.78 is 38.2. The molecule has 1 aliphatic rings. The zero-order valence-electron chi connectivity index (χ0n) is 13.5. The molecule has 1 fully saturated rings. The molecule has 132 valence electrons. The van der Waals surface area contributed by atoms with Crippen molar-refractivity contribution < 1.29 is 23.1 Å². The maximum absolute atomic E-state index is 12.7. The molecule has 0 aromatic heterocycles. The number of rotatable bonds is 3. The van der Waals surface area contributed by atoms with Gasteiger partial charge in [0.05, 0.1) is 17.2 Å². The second-order valence-electron chi connectivity index (χ2n) is 6.18. The number of halogens is 3. The van der Waals surface area contributed by atoms with Gasteiger partial charge in [-0.25, -0.2) is 4.79 Å². The van der Waals surface area contributed by atoms with Crippen molar-refractivity contribution >= 4 is 11.7 Å². The van der Waals surface area contributed by atoms with Gasteiger partial charge in [0.25, 0.3) is 0 Å². The first-order valence-electron chi connectivity index (χ1n) is 8.13. The predicted molar refractivity (Wildman–Crippen MR) is 88.8 cm³/mol. The number of piperidine rings is 1. The van der Waals surface area contributed by atoms with Crippen molar-refractivity contribution in [3.63, 3.8) is 0 Å². The van der Waals surface area contributed by atoms with Crippen molar-refractivity contribution in [2.75, 3.05) is 11.4 Å². The predicted octanol–water partition coefficient (Wildman–Crippen LogP) is 5.14. The minimum atomic E-state index is -4.34. The topological polar surface area (TPSA) is 40.5 Å². The maximum atomic E-state index is 12.7. The fourth-order valence-corrected chi connectivity index (χ4v) is 3.28. The summed E-state index contributed by atoms with van der Waals surface area (Å²) in [4.78, 5) is 13.1. The van der Waals surface area contributed by atoms with Gasteiger partial charge in [0, 0.05) is 12.2 Å². The van der Waals surface area contributed by atoms with Crippen molar-refractivity contribution in [3.05, 3.63) is 65.2 Å². The largest absolute Gasteiger partial charge is 0.478 e. The highest BCUT2D eigenvalue weighted by atomic mass is 19.4. The quantitative estimate of drug-likeness (QED) is 0.834. The second-order valence-corrected chi connectivity index (χ2v) is 6.18. The van der Waals surface area contributed by atoms with Crippen molar-refractivity contribution in [1.29, 1.82) is 0 Å². The van der Waals surface area contributed by atoms with Crippen LogP contribution in [0.5, 0.6) is 0 Å². The lowest BCUT2D eigenvalue weighted by Crippen LogP contribution is -2.33. The molecule has 1 saturated heterocycles. The molecule has 2 aromatic rings. The number of anilines is 1. The van der Waals surface area contributed by atoms with Crippen LogP contribution in [0, 0.1) is 0 Å². The van der Waals surface area contributed by atoms with E-state index in [0.29, 0.717) is 0 Å². The third kappa shape index (κ3) is 3.78. The number of carbonyl (C=O) groups is 1. The zero-order chi connectivity index (χ0) is 18.0. The van der Waals surface area contributed by atoms with Gasteiger partial charge in [0.1, 0.15) is 0 Å². The Kier molecular flexibility index (Phi) is 4.70. The molecule has 0 aliphatic carbocycles. The first-order valence-corrected chi connectivity index (χ1v) is 8.13. The highest BCUT2D eigenvalue weighted by Crippen LogP contribution is 2.36. The van der Waals surface area contributed by atoms with Gasteiger partial charge in [-0.3, -0.25) is 0 Å². The molecule has 0 bridgehead atoms. The maximum Gasteiger partial charge on any atom is 0.416 e. The molecular formula is C19H18F3NO2. The third-order valence-electron chi connectivity index (χ3n) is 4.57. The summed E-state index contributed by atoms with van der Waals surface area (Å²) in [5.41, 5.74) is 1.29. The van der Waals surface area contributed by atoms with Crippen LogP contribution in [0.4, 0.5) is 18.9 Å². The molecule has 1 N–H and O–H groups in total. The van der Waals surface area contributed by atoms with Gasteiger partial charge in [-0.15, -0.1) is 0 Å². The third-order valence-corrected chi connectivity index (χ3v) is 4.57. The van der Waals surface area contributed by atoms with E-state index in [1.165, 1.54) is 12.1 Å². The van der Waals surface area contributed by atoms with Gasteiger partial charge in [-0.2, -0.15) is 13.2 Å². The molecule has 0 amide bonds. The van der Waals surface area contributed by atoms with E-state index in [0.717, 1.165) is 49.2 Å². The SMILES string of the molecule is O=C(O)c1ccc(N2CCCCC2c2ccc(C(F)(F)F)cc2)cc1. The molecule has 6 heteroatoms. The molecule has 0 spiro atoms. The normalized spacial score (nSPS) is 18.2. The van der Waals surface area contributed by atoms with Crippen LogP contribution in [0.3, 0.4) is 0 Å². The number of aromatic carboxylic acids is 1. The molecule has 25 heavy (non-hydrogen) atoms. The summed E-state index contributed by atoms with van der Waals surface area (Å²) in [6, 6.07) is 11.9. The van der Waals surface area contributed by atoms with Crippen LogP contribution in [-0.4, -0.2) is 17.6 Å². The summed E-state index contributed by atoms with van der Waals surface area (Å²) in [7, 11) is 0. The Hall–Kier alpha value is -2.50. The lowest BCUT2D eigenvalue weighted by atomic mass is 9.93. The Morgan fingerprint density at radius 1 is 1.00 bits per heavy atom. The van der Waals surface area contributed by atoms with Crippen LogP contribution in [0.2, 0.25) is 0 Å². The van der Waals surface area contributed by atoms with E-state index in [2.05, 4.69) is 4.90 Å². The number of alkyl halides is 3. The van der Waals surface area contributed by atoms with Crippen LogP contribution in [-0.2, 0) is 6.18 Å². The molecule has 3 rings (SSSR count). The van der Waals surface area contributed by atoms with Crippen LogP contribution in [0.15, 0.2) is 48.5 Å². The fourth-order valence-electron chi connectivity index (χ4n) is 3.28. The van der Waals surface area contributed by atoms with Gasteiger partial charge < -0.3 is 10.0 Å². The molecular weight excluding hydrogens is 331 g/mol. The highest BCUT2D eigenvalue weighted by Gasteiger charge is 2.31. The highest BCUT2D eigenvalue weighted by molar-refractivity contribution is 5.88. The lowest BCUT2D eigenvalue weighted by Gasteiger charge is -2.38. The average Bonchev–Trinajstić information content (AvgIpc) is 2.61. The van der Waals surface area contributed by atoms with Crippen molar-refractivity contribution in [2.45, 2.75) is 31.5 Å². The van der Waals surface area contributed by atoms with E-state index >= 15 is 0 Å². The number of carboxylic acid groups (broad SMARTS) is 1. The Bertz CT molecular complexity index is 739. The Balaban J connectivity index is 1.87. The van der Waals surface area contributed by atoms with E-state index in [1.807, 2.05) is 0 Å². The summed E-state index contributed by atoms with van der Waals surface area (Å²) in [5.74, 6) is -0.982. The minimum absolute atomic E-state index is 0.00767. The fraction of sp³-hybridized carbons (Fsp3) is 0.316. The minimum Gasteiger partial charge on any atom is -0.478 e. The number of hydrogen-bond acceptors (Lipinski definition) is 2. The summed E-state index contributed by atoms with van der Waals surface area (Å²) >= 11 is 0. The first kappa shape index (κ1) is 17.3. The molecule has 1 aliphatic heterocycles. The van der Waals surface area contributed by atoms with Crippen LogP contribution >= 0.6 is 0 Å². The van der Waals surface area contributed by atoms with Crippen molar-refractivity contribution in [3.8, 4) is 0 Å². The first-order chi connectivity index (χ1) is 11.9. The molecule has 2 aromatic carbocycles. The van der Waals surface area contributed by atoms with E-state index in [-0.39, 0.29) is 11.6 Å². The smallest absolute Gasteiger partial charge is 0.416 e. The van der Waals surface area contributed by atoms with E-state index in [9.17, 15) is 18.0 Å². The van der Waals surface area contributed by atoms with Gasteiger partial charge in [-0.05, 0) is 61.2 Å². The number of nitrogens with zero attached hydrogens (tertiary/aromatic N) is 1. The molecule has 1 atom stereocenters. The van der Waals surface area contributed by atoms with Gasteiger partial charge in [0.15, 0.2) is 0 Å². The summed E-state index contributed by atoms with van der Waals surface area (Å²) in [6.07, 6.45) is -1.48. The molecule has 1 unspecified atom stereocenters. The van der Waals surface area contributed by atoms with Crippen molar-refractivity contribution in [2.24, 2.45) is 0 Å². The molecule has 0 saturated carbocycles. The lowest BCUT2D eigenvalue weighted by molar-refractivity contribution is -0.137. The standard InChI is InChI=1S/C19H18F3NO2/c20-19(21,22)15-8-4-13(5-9-15)17-3-1-2-12-23(17)16-10-6-14(7-11-16)18(24)25/h4-11,17H,1-3,12H2,(H,24,25). The van der Waals surface area contributed by atoms with Crippen LogP contribution in [0.25, 0.3) is 0 Å². The van der Waals surface area contributed by atoms with Gasteiger partial charge in [0.2, 0.25) is 0 Å². The number of carboxylic acids is 1. The summed E-state index contributed by atoms with van der Waals surface area (Å²) in [6.45, 7) is 0.790. The van der Waals surface area contributed by atoms with E-state index in [1.54, 1.807) is 24.3 Å². The Labute approximate surface area is 143 Å². The summed E-state index contributed by atoms with van der Waals surface area (Å²) in [5, 5.41) is 9.00.